The van der Waals surface area contributed by atoms with Gasteiger partial charge in [0.1, 0.15) is 17.6 Å². The highest BCUT2D eigenvalue weighted by Crippen LogP contribution is 2.26. The summed E-state index contributed by atoms with van der Waals surface area (Å²) in [5.74, 6) is -0.390. The van der Waals surface area contributed by atoms with Gasteiger partial charge in [0, 0.05) is 6.42 Å². The van der Waals surface area contributed by atoms with Crippen LogP contribution in [0.15, 0.2) is 71.7 Å². The maximum Gasteiger partial charge on any atom is 0.212 e. The summed E-state index contributed by atoms with van der Waals surface area (Å²) >= 11 is 0. The number of hydrogen-bond donors (Lipinski definition) is 1. The number of rotatable bonds is 12. The number of nitrogens with zero attached hydrogens (tertiary/aromatic N) is 2. The molecule has 2 N–H and O–H groups in total. The van der Waals surface area contributed by atoms with Gasteiger partial charge < -0.3 is 10.5 Å². The molecule has 0 spiro atoms. The SMILES string of the molecule is CCCCCCCCOC1=CC(C(=O)Cc2ccc(F)cc2)C(N)=NN1c1ccccc1. The molecule has 6 heteroatoms. The van der Waals surface area contributed by atoms with E-state index in [4.69, 9.17) is 10.5 Å². The molecule has 0 fully saturated rings. The van der Waals surface area contributed by atoms with Gasteiger partial charge in [0.2, 0.25) is 5.88 Å². The third-order valence-electron chi connectivity index (χ3n) is 5.44. The molecule has 1 aliphatic heterocycles. The van der Waals surface area contributed by atoms with Crippen molar-refractivity contribution in [2.75, 3.05) is 11.6 Å². The number of amidine groups is 1. The fourth-order valence-electron chi connectivity index (χ4n) is 3.62. The molecule has 0 aliphatic carbocycles. The van der Waals surface area contributed by atoms with Gasteiger partial charge in [-0.25, -0.2) is 4.39 Å². The smallest absolute Gasteiger partial charge is 0.212 e. The molecular formula is C26H32FN3O2. The number of carbonyl (C=O) groups is 1. The van der Waals surface area contributed by atoms with Crippen molar-refractivity contribution in [2.45, 2.75) is 51.9 Å². The first-order valence-corrected chi connectivity index (χ1v) is 11.4. The molecule has 170 valence electrons. The van der Waals surface area contributed by atoms with Crippen LogP contribution in [0.25, 0.3) is 0 Å². The molecular weight excluding hydrogens is 405 g/mol. The molecule has 0 aromatic heterocycles. The molecule has 0 saturated carbocycles. The van der Waals surface area contributed by atoms with Crippen LogP contribution >= 0.6 is 0 Å². The number of unbranched alkanes of at least 4 members (excludes halogenated alkanes) is 5. The predicted octanol–water partition coefficient (Wildman–Crippen LogP) is 5.56. The zero-order chi connectivity index (χ0) is 22.8. The lowest BCUT2D eigenvalue weighted by atomic mass is 9.96. The highest BCUT2D eigenvalue weighted by atomic mass is 19.1. The molecule has 1 atom stereocenters. The topological polar surface area (TPSA) is 67.9 Å². The summed E-state index contributed by atoms with van der Waals surface area (Å²) in [4.78, 5) is 13.0. The summed E-state index contributed by atoms with van der Waals surface area (Å²) in [7, 11) is 0. The van der Waals surface area contributed by atoms with Crippen molar-refractivity contribution in [3.05, 3.63) is 77.9 Å². The van der Waals surface area contributed by atoms with Gasteiger partial charge >= 0.3 is 0 Å². The van der Waals surface area contributed by atoms with Gasteiger partial charge in [-0.15, -0.1) is 0 Å². The van der Waals surface area contributed by atoms with Crippen LogP contribution in [0.4, 0.5) is 10.1 Å². The standard InChI is InChI=1S/C26H32FN3O2/c1-2-3-4-5-6-10-17-32-25-19-23(24(31)18-20-13-15-21(27)16-14-20)26(28)29-30(25)22-11-8-7-9-12-22/h7-9,11-16,19,23H,2-6,10,17-18H2,1H3,(H2,28,29). The van der Waals surface area contributed by atoms with Crippen molar-refractivity contribution < 1.29 is 13.9 Å². The number of anilines is 1. The lowest BCUT2D eigenvalue weighted by Gasteiger charge is -2.28. The number of ketones is 1. The van der Waals surface area contributed by atoms with E-state index < -0.39 is 5.92 Å². The first-order valence-electron chi connectivity index (χ1n) is 11.4. The number of carbonyl (C=O) groups excluding carboxylic acids is 1. The van der Waals surface area contributed by atoms with Crippen molar-refractivity contribution in [3.63, 3.8) is 0 Å². The number of ether oxygens (including phenoxy) is 1. The Morgan fingerprint density at radius 2 is 1.72 bits per heavy atom. The maximum absolute atomic E-state index is 13.2. The summed E-state index contributed by atoms with van der Waals surface area (Å²) in [6.07, 6.45) is 8.88. The maximum atomic E-state index is 13.2. The quantitative estimate of drug-likeness (QED) is 0.441. The van der Waals surface area contributed by atoms with E-state index in [0.717, 1.165) is 24.1 Å². The number of hydrazone groups is 1. The van der Waals surface area contributed by atoms with Gasteiger partial charge in [0.05, 0.1) is 12.3 Å². The zero-order valence-corrected chi connectivity index (χ0v) is 18.7. The van der Waals surface area contributed by atoms with E-state index in [1.165, 1.54) is 37.8 Å². The third kappa shape index (κ3) is 6.67. The first kappa shape index (κ1) is 23.5. The van der Waals surface area contributed by atoms with Gasteiger partial charge in [0.15, 0.2) is 5.78 Å². The third-order valence-corrected chi connectivity index (χ3v) is 5.44. The summed E-state index contributed by atoms with van der Waals surface area (Å²) < 4.78 is 19.2. The molecule has 3 rings (SSSR count). The molecule has 5 nitrogen and oxygen atoms in total. The van der Waals surface area contributed by atoms with E-state index in [-0.39, 0.29) is 23.9 Å². The second kappa shape index (κ2) is 12.0. The highest BCUT2D eigenvalue weighted by Gasteiger charge is 2.29. The molecule has 1 aliphatic rings. The number of Topliss-reactive ketones (excluding diaryl/α,β-unsaturated/α-hetero) is 1. The van der Waals surface area contributed by atoms with Crippen molar-refractivity contribution in [1.82, 2.24) is 0 Å². The predicted molar refractivity (Wildman–Crippen MR) is 127 cm³/mol. The average Bonchev–Trinajstić information content (AvgIpc) is 2.81. The Morgan fingerprint density at radius 3 is 2.44 bits per heavy atom. The minimum absolute atomic E-state index is 0.105. The average molecular weight is 438 g/mol. The minimum Gasteiger partial charge on any atom is -0.478 e. The number of para-hydroxylation sites is 1. The Kier molecular flexibility index (Phi) is 8.84. The molecule has 0 amide bonds. The molecule has 2 aromatic rings. The van der Waals surface area contributed by atoms with Gasteiger partial charge in [-0.1, -0.05) is 69.4 Å². The Morgan fingerprint density at radius 1 is 1.03 bits per heavy atom. The fourth-order valence-corrected chi connectivity index (χ4v) is 3.62. The van der Waals surface area contributed by atoms with Crippen LogP contribution in [0.1, 0.15) is 51.0 Å². The van der Waals surface area contributed by atoms with Crippen molar-refractivity contribution in [2.24, 2.45) is 16.8 Å². The molecule has 0 saturated heterocycles. The van der Waals surface area contributed by atoms with Crippen molar-refractivity contribution >= 4 is 17.3 Å². The molecule has 0 radical (unpaired) electrons. The van der Waals surface area contributed by atoms with Crippen LogP contribution in [0, 0.1) is 11.7 Å². The van der Waals surface area contributed by atoms with Crippen LogP contribution in [0.5, 0.6) is 0 Å². The minimum atomic E-state index is -0.681. The van der Waals surface area contributed by atoms with Gasteiger partial charge in [-0.3, -0.25) is 4.79 Å². The van der Waals surface area contributed by atoms with E-state index in [2.05, 4.69) is 12.0 Å². The number of benzene rings is 2. The Labute approximate surface area is 189 Å². The molecule has 1 heterocycles. The normalized spacial score (nSPS) is 15.8. The monoisotopic (exact) mass is 437 g/mol. The van der Waals surface area contributed by atoms with Gasteiger partial charge in [0.25, 0.3) is 0 Å². The second-order valence-corrected chi connectivity index (χ2v) is 8.04. The molecule has 1 unspecified atom stereocenters. The van der Waals surface area contributed by atoms with Crippen LogP contribution in [-0.2, 0) is 16.0 Å². The van der Waals surface area contributed by atoms with E-state index in [1.54, 1.807) is 23.2 Å². The lowest BCUT2D eigenvalue weighted by Crippen LogP contribution is -2.38. The first-order chi connectivity index (χ1) is 15.6. The Bertz CT molecular complexity index is 926. The number of halogens is 1. The van der Waals surface area contributed by atoms with E-state index in [9.17, 15) is 9.18 Å². The van der Waals surface area contributed by atoms with Crippen molar-refractivity contribution in [3.8, 4) is 0 Å². The van der Waals surface area contributed by atoms with Crippen molar-refractivity contribution in [1.29, 1.82) is 0 Å². The summed E-state index contributed by atoms with van der Waals surface area (Å²) in [6.45, 7) is 2.76. The van der Waals surface area contributed by atoms with Gasteiger partial charge in [-0.2, -0.15) is 10.1 Å². The highest BCUT2D eigenvalue weighted by molar-refractivity contribution is 6.06. The molecule has 0 bridgehead atoms. The van der Waals surface area contributed by atoms with Crippen LogP contribution in [0.2, 0.25) is 0 Å². The Hall–Kier alpha value is -3.15. The largest absolute Gasteiger partial charge is 0.478 e. The Balaban J connectivity index is 1.70. The molecule has 32 heavy (non-hydrogen) atoms. The lowest BCUT2D eigenvalue weighted by molar-refractivity contribution is -0.119. The van der Waals surface area contributed by atoms with Crippen LogP contribution in [-0.4, -0.2) is 18.2 Å². The zero-order valence-electron chi connectivity index (χ0n) is 18.7. The number of hydrogen-bond acceptors (Lipinski definition) is 5. The summed E-state index contributed by atoms with van der Waals surface area (Å²) in [6, 6.07) is 15.5. The van der Waals surface area contributed by atoms with E-state index in [1.807, 2.05) is 30.3 Å². The summed E-state index contributed by atoms with van der Waals surface area (Å²) in [5.41, 5.74) is 7.75. The second-order valence-electron chi connectivity index (χ2n) is 8.04. The van der Waals surface area contributed by atoms with E-state index in [0.29, 0.717) is 12.5 Å². The van der Waals surface area contributed by atoms with Crippen LogP contribution in [0.3, 0.4) is 0 Å². The van der Waals surface area contributed by atoms with Gasteiger partial charge in [-0.05, 0) is 42.3 Å². The van der Waals surface area contributed by atoms with E-state index >= 15 is 0 Å². The van der Waals surface area contributed by atoms with Crippen LogP contribution < -0.4 is 10.7 Å². The fraction of sp³-hybridized carbons (Fsp3) is 0.385. The molecule has 2 aromatic carbocycles. The number of nitrogens with two attached hydrogens (primary N) is 1. The summed E-state index contributed by atoms with van der Waals surface area (Å²) in [5, 5.41) is 6.13.